The molecule has 0 aliphatic carbocycles. The van der Waals surface area contributed by atoms with Crippen molar-refractivity contribution in [2.75, 3.05) is 13.7 Å². The summed E-state index contributed by atoms with van der Waals surface area (Å²) in [4.78, 5) is 0. The van der Waals surface area contributed by atoms with Gasteiger partial charge in [0.15, 0.2) is 0 Å². The molecule has 5 nitrogen and oxygen atoms in total. The largest absolute Gasteiger partial charge is 0.494 e. The fourth-order valence-corrected chi connectivity index (χ4v) is 3.75. The molecule has 2 aromatic rings. The minimum atomic E-state index is -1.02. The van der Waals surface area contributed by atoms with Crippen LogP contribution in [0.25, 0.3) is 0 Å². The average molecular weight is 407 g/mol. The molecule has 2 aromatic carbocycles. The minimum Gasteiger partial charge on any atom is -0.494 e. The lowest BCUT2D eigenvalue weighted by Gasteiger charge is -2.41. The maximum absolute atomic E-state index is 10.4. The summed E-state index contributed by atoms with van der Waals surface area (Å²) in [6, 6.07) is 13.6. The highest BCUT2D eigenvalue weighted by Gasteiger charge is 2.43. The number of aliphatic hydroxyl groups excluding tert-OH is 2. The van der Waals surface area contributed by atoms with E-state index >= 15 is 0 Å². The standard InChI is InChI=1S/C22H27ClO5/c1-4-27-17-8-5-14(6-9-17)11-16-12-15(7-10-18(16)23)21-22(26-3)20(25)19(24)13(2)28-21/h5-10,12-13,19-22,24-25H,4,11H2,1-3H3/t13-,19-,20+,21+,22-/m1/s1. The molecule has 1 aliphatic heterocycles. The molecular weight excluding hydrogens is 380 g/mol. The highest BCUT2D eigenvalue weighted by molar-refractivity contribution is 6.31. The lowest BCUT2D eigenvalue weighted by molar-refractivity contribution is -0.227. The molecule has 1 heterocycles. The number of halogens is 1. The summed E-state index contributed by atoms with van der Waals surface area (Å²) in [6.45, 7) is 4.33. The third-order valence-corrected chi connectivity index (χ3v) is 5.50. The van der Waals surface area contributed by atoms with Gasteiger partial charge in [0, 0.05) is 12.1 Å². The van der Waals surface area contributed by atoms with Crippen LogP contribution in [0.2, 0.25) is 5.02 Å². The van der Waals surface area contributed by atoms with E-state index in [1.54, 1.807) is 6.92 Å². The number of methoxy groups -OCH3 is 1. The quantitative estimate of drug-likeness (QED) is 0.768. The summed E-state index contributed by atoms with van der Waals surface area (Å²) < 4.78 is 16.9. The minimum absolute atomic E-state index is 0.491. The molecule has 0 bridgehead atoms. The van der Waals surface area contributed by atoms with Gasteiger partial charge < -0.3 is 24.4 Å². The molecule has 1 saturated heterocycles. The molecule has 5 atom stereocenters. The third kappa shape index (κ3) is 4.50. The van der Waals surface area contributed by atoms with Crippen molar-refractivity contribution in [2.45, 2.75) is 50.8 Å². The number of benzene rings is 2. The molecule has 0 saturated carbocycles. The second-order valence-electron chi connectivity index (χ2n) is 7.05. The first-order valence-corrected chi connectivity index (χ1v) is 9.86. The predicted octanol–water partition coefficient (Wildman–Crippen LogP) is 3.53. The van der Waals surface area contributed by atoms with Crippen LogP contribution in [-0.4, -0.2) is 48.3 Å². The van der Waals surface area contributed by atoms with Gasteiger partial charge >= 0.3 is 0 Å². The first kappa shape index (κ1) is 21.1. The van der Waals surface area contributed by atoms with E-state index in [0.717, 1.165) is 22.4 Å². The van der Waals surface area contributed by atoms with Crippen molar-refractivity contribution in [1.29, 1.82) is 0 Å². The highest BCUT2D eigenvalue weighted by Crippen LogP contribution is 2.35. The normalized spacial score (nSPS) is 27.6. The Labute approximate surface area is 170 Å². The van der Waals surface area contributed by atoms with Crippen LogP contribution in [-0.2, 0) is 15.9 Å². The highest BCUT2D eigenvalue weighted by atomic mass is 35.5. The predicted molar refractivity (Wildman–Crippen MR) is 108 cm³/mol. The second-order valence-corrected chi connectivity index (χ2v) is 7.46. The number of hydrogen-bond acceptors (Lipinski definition) is 5. The van der Waals surface area contributed by atoms with Gasteiger partial charge in [0.2, 0.25) is 0 Å². The summed E-state index contributed by atoms with van der Waals surface area (Å²) in [5, 5.41) is 21.1. The smallest absolute Gasteiger partial charge is 0.119 e. The van der Waals surface area contributed by atoms with E-state index < -0.39 is 30.5 Å². The fourth-order valence-electron chi connectivity index (χ4n) is 3.57. The third-order valence-electron chi connectivity index (χ3n) is 5.13. The lowest BCUT2D eigenvalue weighted by Crippen LogP contribution is -2.53. The van der Waals surface area contributed by atoms with Crippen molar-refractivity contribution in [3.05, 3.63) is 64.2 Å². The molecule has 3 rings (SSSR count). The number of hydrogen-bond donors (Lipinski definition) is 2. The Morgan fingerprint density at radius 2 is 1.79 bits per heavy atom. The van der Waals surface area contributed by atoms with E-state index in [-0.39, 0.29) is 0 Å². The van der Waals surface area contributed by atoms with E-state index in [1.807, 2.05) is 49.4 Å². The van der Waals surface area contributed by atoms with E-state index in [9.17, 15) is 10.2 Å². The van der Waals surface area contributed by atoms with E-state index in [2.05, 4.69) is 0 Å². The number of rotatable bonds is 6. The molecule has 152 valence electrons. The summed E-state index contributed by atoms with van der Waals surface area (Å²) in [6.07, 6.45) is -3.01. The SMILES string of the molecule is CCOc1ccc(Cc2cc([C@@H]3O[C@H](C)[C@@H](O)[C@H](O)[C@H]3OC)ccc2Cl)cc1. The summed E-state index contributed by atoms with van der Waals surface area (Å²) in [5.41, 5.74) is 2.92. The Bertz CT molecular complexity index is 779. The van der Waals surface area contributed by atoms with Gasteiger partial charge in [-0.05, 0) is 55.2 Å². The van der Waals surface area contributed by atoms with Crippen LogP contribution in [0.1, 0.15) is 36.6 Å². The van der Waals surface area contributed by atoms with Gasteiger partial charge in [-0.15, -0.1) is 0 Å². The second kappa shape index (κ2) is 9.25. The van der Waals surface area contributed by atoms with Crippen LogP contribution in [0.4, 0.5) is 0 Å². The Kier molecular flexibility index (Phi) is 6.96. The molecule has 0 aromatic heterocycles. The molecular formula is C22H27ClO5. The molecule has 28 heavy (non-hydrogen) atoms. The van der Waals surface area contributed by atoms with Crippen LogP contribution in [0.5, 0.6) is 5.75 Å². The average Bonchev–Trinajstić information content (AvgIpc) is 2.69. The monoisotopic (exact) mass is 406 g/mol. The van der Waals surface area contributed by atoms with Gasteiger partial charge in [-0.3, -0.25) is 0 Å². The van der Waals surface area contributed by atoms with E-state index in [1.165, 1.54) is 7.11 Å². The maximum Gasteiger partial charge on any atom is 0.119 e. The van der Waals surface area contributed by atoms with Crippen molar-refractivity contribution in [3.63, 3.8) is 0 Å². The Balaban J connectivity index is 1.84. The zero-order chi connectivity index (χ0) is 20.3. The van der Waals surface area contributed by atoms with Crippen LogP contribution in [0, 0.1) is 0 Å². The van der Waals surface area contributed by atoms with Crippen LogP contribution < -0.4 is 4.74 Å². The van der Waals surface area contributed by atoms with Crippen molar-refractivity contribution in [1.82, 2.24) is 0 Å². The van der Waals surface area contributed by atoms with Crippen molar-refractivity contribution < 1.29 is 24.4 Å². The Morgan fingerprint density at radius 1 is 1.07 bits per heavy atom. The zero-order valence-corrected chi connectivity index (χ0v) is 17.1. The Morgan fingerprint density at radius 3 is 2.43 bits per heavy atom. The van der Waals surface area contributed by atoms with Gasteiger partial charge in [0.25, 0.3) is 0 Å². The number of ether oxygens (including phenoxy) is 3. The molecule has 2 N–H and O–H groups in total. The van der Waals surface area contributed by atoms with Gasteiger partial charge in [0.1, 0.15) is 30.2 Å². The topological polar surface area (TPSA) is 68.2 Å². The van der Waals surface area contributed by atoms with Crippen molar-refractivity contribution in [3.8, 4) is 5.75 Å². The molecule has 1 aliphatic rings. The van der Waals surface area contributed by atoms with Gasteiger partial charge in [-0.2, -0.15) is 0 Å². The molecule has 6 heteroatoms. The Hall–Kier alpha value is -1.63. The summed E-state index contributed by atoms with van der Waals surface area (Å²) >= 11 is 6.43. The molecule has 0 amide bonds. The molecule has 1 fully saturated rings. The van der Waals surface area contributed by atoms with Crippen LogP contribution >= 0.6 is 11.6 Å². The van der Waals surface area contributed by atoms with Gasteiger partial charge in [-0.25, -0.2) is 0 Å². The first-order chi connectivity index (χ1) is 13.4. The zero-order valence-electron chi connectivity index (χ0n) is 16.3. The van der Waals surface area contributed by atoms with Crippen LogP contribution in [0.3, 0.4) is 0 Å². The summed E-state index contributed by atoms with van der Waals surface area (Å²) in [7, 11) is 1.50. The van der Waals surface area contributed by atoms with Crippen molar-refractivity contribution in [2.24, 2.45) is 0 Å². The molecule has 0 spiro atoms. The lowest BCUT2D eigenvalue weighted by atomic mass is 9.90. The van der Waals surface area contributed by atoms with E-state index in [0.29, 0.717) is 18.1 Å². The van der Waals surface area contributed by atoms with Gasteiger partial charge in [0.05, 0.1) is 12.7 Å². The molecule has 0 radical (unpaired) electrons. The molecule has 0 unspecified atom stereocenters. The van der Waals surface area contributed by atoms with Gasteiger partial charge in [-0.1, -0.05) is 35.9 Å². The summed E-state index contributed by atoms with van der Waals surface area (Å²) in [5.74, 6) is 0.839. The number of aliphatic hydroxyl groups is 2. The maximum atomic E-state index is 10.4. The first-order valence-electron chi connectivity index (χ1n) is 9.49. The van der Waals surface area contributed by atoms with Crippen molar-refractivity contribution >= 4 is 11.6 Å². The fraction of sp³-hybridized carbons (Fsp3) is 0.455. The van der Waals surface area contributed by atoms with Crippen LogP contribution in [0.15, 0.2) is 42.5 Å². The van der Waals surface area contributed by atoms with E-state index in [4.69, 9.17) is 25.8 Å².